The normalized spacial score (nSPS) is 11.6. The van der Waals surface area contributed by atoms with Crippen molar-refractivity contribution in [2.24, 2.45) is 0 Å². The van der Waals surface area contributed by atoms with Crippen LogP contribution in [0.4, 0.5) is 0 Å². The van der Waals surface area contributed by atoms with E-state index in [4.69, 9.17) is 9.72 Å². The van der Waals surface area contributed by atoms with Gasteiger partial charge in [0, 0.05) is 53.6 Å². The third kappa shape index (κ3) is 4.26. The molecule has 48 heavy (non-hydrogen) atoms. The summed E-state index contributed by atoms with van der Waals surface area (Å²) < 4.78 is 10.7. The fourth-order valence-corrected chi connectivity index (χ4v) is 6.92. The maximum atomic E-state index is 6.48. The first-order chi connectivity index (χ1) is 23.3. The molecule has 10 rings (SSSR count). The number of imidazole rings is 2. The van der Waals surface area contributed by atoms with Crippen LogP contribution >= 0.6 is 0 Å². The molecular weight excluding hydrogens is 774 g/mol. The van der Waals surface area contributed by atoms with Gasteiger partial charge in [0.1, 0.15) is 5.65 Å². The largest absolute Gasteiger partial charge is 2.00 e. The van der Waals surface area contributed by atoms with Gasteiger partial charge in [0.2, 0.25) is 0 Å². The maximum Gasteiger partial charge on any atom is 2.00 e. The molecule has 0 atom stereocenters. The summed E-state index contributed by atoms with van der Waals surface area (Å²) in [5, 5.41) is 6.01. The topological polar surface area (TPSA) is 56.7 Å². The molecule has 0 amide bonds. The number of nitrogens with zero attached hydrogens (tertiary/aromatic N) is 5. The Balaban J connectivity index is 0.00000314. The van der Waals surface area contributed by atoms with Gasteiger partial charge in [-0.25, -0.2) is 4.98 Å². The molecule has 0 aliphatic carbocycles. The Morgan fingerprint density at radius 3 is 1.79 bits per heavy atom. The zero-order valence-electron chi connectivity index (χ0n) is 25.2. The number of rotatable bonds is 4. The Hall–Kier alpha value is -5.84. The summed E-state index contributed by atoms with van der Waals surface area (Å²) in [4.78, 5) is 14.1. The molecule has 228 valence electrons. The SMILES string of the molecule is [Pt+2].[c-]1c(Oc2[c-]c3c(cc2)c2c(-c4ccccc4)ccc(-c4ccccc4)c2n2ccnc32)ccc2c1c1nccn1c1ncccc21. The number of ether oxygens (including phenoxy) is 1. The van der Waals surface area contributed by atoms with E-state index in [-0.39, 0.29) is 21.1 Å². The van der Waals surface area contributed by atoms with Crippen LogP contribution in [0.1, 0.15) is 0 Å². The number of hydrogen-bond donors (Lipinski definition) is 0. The molecule has 0 bridgehead atoms. The Labute approximate surface area is 289 Å². The molecule has 5 aromatic heterocycles. The summed E-state index contributed by atoms with van der Waals surface area (Å²) in [6.07, 6.45) is 9.40. The van der Waals surface area contributed by atoms with Crippen molar-refractivity contribution in [3.8, 4) is 33.8 Å². The molecule has 7 heteroatoms. The molecule has 0 radical (unpaired) electrons. The molecule has 5 aromatic carbocycles. The van der Waals surface area contributed by atoms with Gasteiger partial charge in [-0.2, -0.15) is 0 Å². The molecule has 5 heterocycles. The third-order valence-electron chi connectivity index (χ3n) is 8.95. The van der Waals surface area contributed by atoms with Crippen LogP contribution in [0.2, 0.25) is 0 Å². The molecule has 0 aliphatic rings. The summed E-state index contributed by atoms with van der Waals surface area (Å²) in [6.45, 7) is 0. The van der Waals surface area contributed by atoms with Gasteiger partial charge in [-0.15, -0.1) is 12.1 Å². The van der Waals surface area contributed by atoms with E-state index in [0.717, 1.165) is 77.0 Å². The van der Waals surface area contributed by atoms with Crippen LogP contribution in [0.5, 0.6) is 11.5 Å². The van der Waals surface area contributed by atoms with Gasteiger partial charge in [0.15, 0.2) is 0 Å². The summed E-state index contributed by atoms with van der Waals surface area (Å²) >= 11 is 0. The predicted octanol–water partition coefficient (Wildman–Crippen LogP) is 9.71. The van der Waals surface area contributed by atoms with E-state index in [2.05, 4.69) is 105 Å². The molecule has 0 unspecified atom stereocenters. The van der Waals surface area contributed by atoms with Crippen molar-refractivity contribution in [2.45, 2.75) is 0 Å². The van der Waals surface area contributed by atoms with Gasteiger partial charge in [0.25, 0.3) is 0 Å². The van der Waals surface area contributed by atoms with Crippen molar-refractivity contribution >= 4 is 54.8 Å². The molecule has 0 N–H and O–H groups in total. The average Bonchev–Trinajstić information content (AvgIpc) is 3.84. The Kier molecular flexibility index (Phi) is 6.59. The van der Waals surface area contributed by atoms with Crippen LogP contribution in [0.25, 0.3) is 77.0 Å². The van der Waals surface area contributed by atoms with Gasteiger partial charge in [-0.05, 0) is 33.5 Å². The van der Waals surface area contributed by atoms with Gasteiger partial charge in [-0.1, -0.05) is 125 Å². The van der Waals surface area contributed by atoms with Crippen molar-refractivity contribution in [1.29, 1.82) is 0 Å². The second kappa shape index (κ2) is 11.1. The van der Waals surface area contributed by atoms with E-state index in [9.17, 15) is 0 Å². The summed E-state index contributed by atoms with van der Waals surface area (Å²) in [5.41, 5.74) is 8.16. The van der Waals surface area contributed by atoms with E-state index in [1.54, 1.807) is 12.4 Å². The van der Waals surface area contributed by atoms with E-state index >= 15 is 0 Å². The van der Waals surface area contributed by atoms with E-state index in [1.165, 1.54) is 0 Å². The third-order valence-corrected chi connectivity index (χ3v) is 8.95. The molecule has 0 aliphatic heterocycles. The van der Waals surface area contributed by atoms with E-state index < -0.39 is 0 Å². The zero-order valence-corrected chi connectivity index (χ0v) is 27.5. The van der Waals surface area contributed by atoms with E-state index in [0.29, 0.717) is 11.5 Å². The monoisotopic (exact) mass is 796 g/mol. The summed E-state index contributed by atoms with van der Waals surface area (Å²) in [7, 11) is 0. The van der Waals surface area contributed by atoms with Crippen molar-refractivity contribution < 1.29 is 25.8 Å². The molecular formula is C41H23N5OPt. The average molecular weight is 797 g/mol. The predicted molar refractivity (Wildman–Crippen MR) is 187 cm³/mol. The fourth-order valence-electron chi connectivity index (χ4n) is 6.92. The minimum atomic E-state index is 0. The standard InChI is InChI=1S/C41H23N5O.Pt/c1-3-8-26(9-4-1)30-17-18-31(27-10-5-2-6-11-27)38-37(30)33-16-14-29(25-36(33)40-43-20-22-45(38)40)47-28-13-15-32-34-12-7-19-42-39(34)46-23-21-44-41(46)35(32)24-28;/h1-23H;/q-2;+2. The van der Waals surface area contributed by atoms with Crippen LogP contribution in [0.15, 0.2) is 140 Å². The van der Waals surface area contributed by atoms with Gasteiger partial charge in [0.05, 0.1) is 11.3 Å². The number of pyridine rings is 3. The number of aromatic nitrogens is 5. The summed E-state index contributed by atoms with van der Waals surface area (Å²) in [5.74, 6) is 1.16. The molecule has 0 fully saturated rings. The number of benzene rings is 5. The zero-order chi connectivity index (χ0) is 30.9. The smallest absolute Gasteiger partial charge is 0.497 e. The van der Waals surface area contributed by atoms with Crippen LogP contribution in [-0.2, 0) is 21.1 Å². The first kappa shape index (κ1) is 28.4. The first-order valence-corrected chi connectivity index (χ1v) is 15.4. The second-order valence-corrected chi connectivity index (χ2v) is 11.6. The minimum absolute atomic E-state index is 0. The van der Waals surface area contributed by atoms with Crippen molar-refractivity contribution in [3.63, 3.8) is 0 Å². The molecule has 0 saturated carbocycles. The summed E-state index contributed by atoms with van der Waals surface area (Å²) in [6, 6.07) is 44.7. The van der Waals surface area contributed by atoms with Crippen molar-refractivity contribution in [3.05, 3.63) is 152 Å². The molecule has 10 aromatic rings. The second-order valence-electron chi connectivity index (χ2n) is 11.6. The van der Waals surface area contributed by atoms with Crippen molar-refractivity contribution in [2.75, 3.05) is 0 Å². The quantitative estimate of drug-likeness (QED) is 0.132. The minimum Gasteiger partial charge on any atom is -0.497 e. The number of hydrogen-bond acceptors (Lipinski definition) is 4. The van der Waals surface area contributed by atoms with Crippen LogP contribution in [0.3, 0.4) is 0 Å². The Morgan fingerprint density at radius 2 is 1.06 bits per heavy atom. The molecule has 0 spiro atoms. The maximum absolute atomic E-state index is 6.48. The fraction of sp³-hybridized carbons (Fsp3) is 0. The Morgan fingerprint density at radius 1 is 0.479 bits per heavy atom. The van der Waals surface area contributed by atoms with Crippen molar-refractivity contribution in [1.82, 2.24) is 23.8 Å². The van der Waals surface area contributed by atoms with Gasteiger partial charge >= 0.3 is 21.1 Å². The van der Waals surface area contributed by atoms with Crippen LogP contribution in [0, 0.1) is 12.1 Å². The van der Waals surface area contributed by atoms with Crippen LogP contribution < -0.4 is 4.74 Å². The van der Waals surface area contributed by atoms with E-state index in [1.807, 2.05) is 53.3 Å². The Bertz CT molecular complexity index is 2830. The molecule has 0 saturated heterocycles. The number of fused-ring (bicyclic) bond motifs is 12. The van der Waals surface area contributed by atoms with Gasteiger partial charge in [-0.3, -0.25) is 9.97 Å². The van der Waals surface area contributed by atoms with Gasteiger partial charge < -0.3 is 13.5 Å². The first-order valence-electron chi connectivity index (χ1n) is 15.4. The van der Waals surface area contributed by atoms with Crippen LogP contribution in [-0.4, -0.2) is 23.8 Å². The molecule has 6 nitrogen and oxygen atoms in total.